The van der Waals surface area contributed by atoms with Crippen LogP contribution in [0.2, 0.25) is 0 Å². The molecule has 0 saturated carbocycles. The van der Waals surface area contributed by atoms with E-state index in [1.807, 2.05) is 17.7 Å². The molecule has 0 aliphatic heterocycles. The van der Waals surface area contributed by atoms with Crippen molar-refractivity contribution in [1.82, 2.24) is 14.9 Å². The maximum atomic E-state index is 5.63. The lowest BCUT2D eigenvalue weighted by Crippen LogP contribution is -2.34. The number of hydrogen-bond acceptors (Lipinski definition) is 2. The molecule has 1 heterocycles. The van der Waals surface area contributed by atoms with Gasteiger partial charge in [0.05, 0.1) is 12.9 Å². The SMILES string of the molecule is C=C(C)CN=C(N)NCCn1ccnc1.I. The predicted octanol–water partition coefficient (Wildman–Crippen LogP) is 0.981. The van der Waals surface area contributed by atoms with Crippen molar-refractivity contribution in [2.45, 2.75) is 13.5 Å². The van der Waals surface area contributed by atoms with Crippen LogP contribution in [0.5, 0.6) is 0 Å². The van der Waals surface area contributed by atoms with Crippen LogP contribution in [0.25, 0.3) is 0 Å². The third kappa shape index (κ3) is 6.44. The third-order valence-corrected chi connectivity index (χ3v) is 1.75. The Kier molecular flexibility index (Phi) is 7.61. The van der Waals surface area contributed by atoms with E-state index in [1.165, 1.54) is 0 Å². The Labute approximate surface area is 113 Å². The van der Waals surface area contributed by atoms with Crippen LogP contribution in [0.1, 0.15) is 6.92 Å². The van der Waals surface area contributed by atoms with Gasteiger partial charge in [-0.15, -0.1) is 24.0 Å². The number of hydrogen-bond donors (Lipinski definition) is 2. The first-order chi connectivity index (χ1) is 7.18. The van der Waals surface area contributed by atoms with E-state index in [0.29, 0.717) is 12.5 Å². The maximum Gasteiger partial charge on any atom is 0.188 e. The topological polar surface area (TPSA) is 68.2 Å². The molecule has 1 aromatic rings. The molecule has 0 aromatic carbocycles. The van der Waals surface area contributed by atoms with Crippen LogP contribution >= 0.6 is 24.0 Å². The summed E-state index contributed by atoms with van der Waals surface area (Å²) >= 11 is 0. The number of guanidine groups is 1. The van der Waals surface area contributed by atoms with E-state index in [4.69, 9.17) is 5.73 Å². The average molecular weight is 335 g/mol. The minimum atomic E-state index is 0. The Morgan fingerprint density at radius 3 is 2.94 bits per heavy atom. The molecule has 5 nitrogen and oxygen atoms in total. The van der Waals surface area contributed by atoms with E-state index in [2.05, 4.69) is 21.9 Å². The molecule has 90 valence electrons. The summed E-state index contributed by atoms with van der Waals surface area (Å²) in [6, 6.07) is 0. The molecule has 0 bridgehead atoms. The summed E-state index contributed by atoms with van der Waals surface area (Å²) in [6.07, 6.45) is 5.42. The zero-order chi connectivity index (χ0) is 11.1. The van der Waals surface area contributed by atoms with Gasteiger partial charge in [0, 0.05) is 25.5 Å². The number of aliphatic imine (C=N–C) groups is 1. The van der Waals surface area contributed by atoms with Gasteiger partial charge in [0.15, 0.2) is 5.96 Å². The van der Waals surface area contributed by atoms with Gasteiger partial charge in [-0.05, 0) is 6.92 Å². The van der Waals surface area contributed by atoms with Crippen molar-refractivity contribution < 1.29 is 0 Å². The molecule has 0 radical (unpaired) electrons. The number of rotatable bonds is 5. The minimum absolute atomic E-state index is 0. The monoisotopic (exact) mass is 335 g/mol. The molecular weight excluding hydrogens is 317 g/mol. The first-order valence-electron chi connectivity index (χ1n) is 4.82. The molecule has 1 rings (SSSR count). The second kappa shape index (κ2) is 8.14. The molecule has 0 saturated heterocycles. The summed E-state index contributed by atoms with van der Waals surface area (Å²) in [5.41, 5.74) is 6.63. The molecular formula is C10H18IN5. The fourth-order valence-electron chi connectivity index (χ4n) is 1.01. The van der Waals surface area contributed by atoms with E-state index < -0.39 is 0 Å². The summed E-state index contributed by atoms with van der Waals surface area (Å²) in [5, 5.41) is 3.01. The second-order valence-electron chi connectivity index (χ2n) is 3.39. The first kappa shape index (κ1) is 14.9. The molecule has 0 aliphatic rings. The van der Waals surface area contributed by atoms with Crippen molar-refractivity contribution in [2.24, 2.45) is 10.7 Å². The summed E-state index contributed by atoms with van der Waals surface area (Å²) in [5.74, 6) is 0.457. The number of nitrogens with two attached hydrogens (primary N) is 1. The summed E-state index contributed by atoms with van der Waals surface area (Å²) in [6.45, 7) is 7.80. The maximum absolute atomic E-state index is 5.63. The van der Waals surface area contributed by atoms with E-state index in [0.717, 1.165) is 18.7 Å². The number of nitrogens with zero attached hydrogens (tertiary/aromatic N) is 3. The van der Waals surface area contributed by atoms with Crippen molar-refractivity contribution in [3.63, 3.8) is 0 Å². The van der Waals surface area contributed by atoms with Crippen LogP contribution in [0.15, 0.2) is 35.9 Å². The van der Waals surface area contributed by atoms with Crippen molar-refractivity contribution in [1.29, 1.82) is 0 Å². The zero-order valence-electron chi connectivity index (χ0n) is 9.39. The van der Waals surface area contributed by atoms with E-state index in [1.54, 1.807) is 12.5 Å². The summed E-state index contributed by atoms with van der Waals surface area (Å²) in [4.78, 5) is 8.04. The summed E-state index contributed by atoms with van der Waals surface area (Å²) in [7, 11) is 0. The highest BCUT2D eigenvalue weighted by atomic mass is 127. The van der Waals surface area contributed by atoms with E-state index in [9.17, 15) is 0 Å². The Morgan fingerprint density at radius 1 is 1.62 bits per heavy atom. The van der Waals surface area contributed by atoms with Gasteiger partial charge in [0.25, 0.3) is 0 Å². The molecule has 0 atom stereocenters. The lowest BCUT2D eigenvalue weighted by Gasteiger charge is -2.05. The highest BCUT2D eigenvalue weighted by Gasteiger charge is 1.92. The Bertz CT molecular complexity index is 331. The minimum Gasteiger partial charge on any atom is -0.370 e. The smallest absolute Gasteiger partial charge is 0.188 e. The predicted molar refractivity (Wildman–Crippen MR) is 76.9 cm³/mol. The Balaban J connectivity index is 0.00000225. The Hall–Kier alpha value is -1.05. The third-order valence-electron chi connectivity index (χ3n) is 1.75. The highest BCUT2D eigenvalue weighted by Crippen LogP contribution is 1.86. The van der Waals surface area contributed by atoms with Gasteiger partial charge in [0.2, 0.25) is 0 Å². The van der Waals surface area contributed by atoms with Gasteiger partial charge in [-0.2, -0.15) is 0 Å². The van der Waals surface area contributed by atoms with Gasteiger partial charge in [-0.1, -0.05) is 12.2 Å². The van der Waals surface area contributed by atoms with Crippen LogP contribution < -0.4 is 11.1 Å². The van der Waals surface area contributed by atoms with Crippen molar-refractivity contribution in [3.05, 3.63) is 30.9 Å². The normalized spacial score (nSPS) is 10.7. The van der Waals surface area contributed by atoms with Gasteiger partial charge < -0.3 is 15.6 Å². The number of halogens is 1. The molecule has 0 fully saturated rings. The van der Waals surface area contributed by atoms with Gasteiger partial charge in [-0.25, -0.2) is 9.98 Å². The highest BCUT2D eigenvalue weighted by molar-refractivity contribution is 14.0. The fourth-order valence-corrected chi connectivity index (χ4v) is 1.01. The molecule has 3 N–H and O–H groups in total. The molecule has 0 aliphatic carbocycles. The fraction of sp³-hybridized carbons (Fsp3) is 0.400. The molecule has 16 heavy (non-hydrogen) atoms. The lowest BCUT2D eigenvalue weighted by atomic mass is 10.4. The summed E-state index contributed by atoms with van der Waals surface area (Å²) < 4.78 is 1.97. The first-order valence-corrected chi connectivity index (χ1v) is 4.82. The van der Waals surface area contributed by atoms with Crippen LogP contribution in [-0.2, 0) is 6.54 Å². The average Bonchev–Trinajstić information content (AvgIpc) is 2.67. The molecule has 6 heteroatoms. The molecule has 0 unspecified atom stereocenters. The van der Waals surface area contributed by atoms with Crippen molar-refractivity contribution in [2.75, 3.05) is 13.1 Å². The van der Waals surface area contributed by atoms with Crippen LogP contribution in [0.3, 0.4) is 0 Å². The van der Waals surface area contributed by atoms with E-state index >= 15 is 0 Å². The molecule has 0 amide bonds. The van der Waals surface area contributed by atoms with Gasteiger partial charge in [0.1, 0.15) is 0 Å². The van der Waals surface area contributed by atoms with Crippen LogP contribution in [0.4, 0.5) is 0 Å². The molecule has 0 spiro atoms. The van der Waals surface area contributed by atoms with Gasteiger partial charge in [-0.3, -0.25) is 0 Å². The zero-order valence-corrected chi connectivity index (χ0v) is 11.7. The van der Waals surface area contributed by atoms with Crippen molar-refractivity contribution >= 4 is 29.9 Å². The van der Waals surface area contributed by atoms with Gasteiger partial charge >= 0.3 is 0 Å². The Morgan fingerprint density at radius 2 is 2.38 bits per heavy atom. The standard InChI is InChI=1S/C10H17N5.HI/c1-9(2)7-14-10(11)13-4-6-15-5-3-12-8-15;/h3,5,8H,1,4,6-7H2,2H3,(H3,11,13,14);1H. The molecule has 1 aromatic heterocycles. The quantitative estimate of drug-likeness (QED) is 0.365. The van der Waals surface area contributed by atoms with Crippen LogP contribution in [-0.4, -0.2) is 28.6 Å². The number of aromatic nitrogens is 2. The van der Waals surface area contributed by atoms with Crippen molar-refractivity contribution in [3.8, 4) is 0 Å². The number of nitrogens with one attached hydrogen (secondary N) is 1. The number of imidazole rings is 1. The lowest BCUT2D eigenvalue weighted by molar-refractivity contribution is 0.670. The second-order valence-corrected chi connectivity index (χ2v) is 3.39. The van der Waals surface area contributed by atoms with Crippen LogP contribution in [0, 0.1) is 0 Å². The largest absolute Gasteiger partial charge is 0.370 e. The van der Waals surface area contributed by atoms with E-state index in [-0.39, 0.29) is 24.0 Å².